The fraction of sp³-hybridized carbons (Fsp3) is 0.364. The van der Waals surface area contributed by atoms with E-state index in [1.165, 1.54) is 17.0 Å². The maximum absolute atomic E-state index is 10.8. The third-order valence-corrected chi connectivity index (χ3v) is 3.67. The van der Waals surface area contributed by atoms with Crippen LogP contribution in [0.1, 0.15) is 0 Å². The number of halogens is 1. The lowest BCUT2D eigenvalue weighted by molar-refractivity contribution is -0.384. The summed E-state index contributed by atoms with van der Waals surface area (Å²) in [5, 5.41) is 19.5. The van der Waals surface area contributed by atoms with Crippen molar-refractivity contribution in [3.05, 3.63) is 32.8 Å². The predicted molar refractivity (Wildman–Crippen MR) is 72.6 cm³/mol. The number of piperazine rings is 1. The Kier molecular flexibility index (Phi) is 3.89. The van der Waals surface area contributed by atoms with Gasteiger partial charge in [-0.1, -0.05) is 0 Å². The minimum Gasteiger partial charge on any atom is -0.465 e. The van der Waals surface area contributed by atoms with Crippen LogP contribution in [0.2, 0.25) is 0 Å². The van der Waals surface area contributed by atoms with Gasteiger partial charge in [0.05, 0.1) is 10.6 Å². The van der Waals surface area contributed by atoms with Gasteiger partial charge < -0.3 is 14.9 Å². The molecule has 0 aromatic heterocycles. The molecular weight excluding hydrogens is 318 g/mol. The molecule has 1 amide bonds. The number of anilines is 1. The third kappa shape index (κ3) is 2.95. The maximum Gasteiger partial charge on any atom is 0.407 e. The number of carbonyl (C=O) groups is 1. The molecule has 0 bridgehead atoms. The van der Waals surface area contributed by atoms with Gasteiger partial charge in [0.2, 0.25) is 0 Å². The van der Waals surface area contributed by atoms with Gasteiger partial charge in [-0.2, -0.15) is 0 Å². The zero-order chi connectivity index (χ0) is 14.0. The van der Waals surface area contributed by atoms with Gasteiger partial charge in [-0.05, 0) is 22.0 Å². The summed E-state index contributed by atoms with van der Waals surface area (Å²) in [5.74, 6) is 0. The zero-order valence-corrected chi connectivity index (χ0v) is 11.5. The summed E-state index contributed by atoms with van der Waals surface area (Å²) in [7, 11) is 0. The Bertz CT molecular complexity index is 515. The first-order valence-corrected chi connectivity index (χ1v) is 6.45. The molecule has 19 heavy (non-hydrogen) atoms. The number of hydrogen-bond acceptors (Lipinski definition) is 4. The minimum absolute atomic E-state index is 0.0276. The first kappa shape index (κ1) is 13.6. The molecule has 0 atom stereocenters. The van der Waals surface area contributed by atoms with Crippen LogP contribution in [-0.4, -0.2) is 47.2 Å². The van der Waals surface area contributed by atoms with Crippen molar-refractivity contribution in [2.75, 3.05) is 31.1 Å². The number of nitro groups is 1. The van der Waals surface area contributed by atoms with E-state index in [0.29, 0.717) is 30.7 Å². The van der Waals surface area contributed by atoms with E-state index in [1.807, 2.05) is 4.90 Å². The molecule has 1 fully saturated rings. The van der Waals surface area contributed by atoms with Crippen LogP contribution in [0.4, 0.5) is 16.2 Å². The van der Waals surface area contributed by atoms with Gasteiger partial charge in [-0.15, -0.1) is 0 Å². The Morgan fingerprint density at radius 2 is 1.95 bits per heavy atom. The van der Waals surface area contributed by atoms with Crippen LogP contribution in [0.5, 0.6) is 0 Å². The van der Waals surface area contributed by atoms with Crippen molar-refractivity contribution in [2.45, 2.75) is 0 Å². The van der Waals surface area contributed by atoms with E-state index in [-0.39, 0.29) is 5.69 Å². The SMILES string of the molecule is O=C(O)N1CCN(c2ccc([N+](=O)[O-])cc2Br)CC1. The first-order valence-electron chi connectivity index (χ1n) is 5.66. The first-order chi connectivity index (χ1) is 8.99. The zero-order valence-electron chi connectivity index (χ0n) is 9.95. The van der Waals surface area contributed by atoms with Crippen molar-refractivity contribution in [3.63, 3.8) is 0 Å². The van der Waals surface area contributed by atoms with Gasteiger partial charge in [-0.25, -0.2) is 4.79 Å². The second-order valence-electron chi connectivity index (χ2n) is 4.15. The Morgan fingerprint density at radius 3 is 2.42 bits per heavy atom. The van der Waals surface area contributed by atoms with E-state index in [2.05, 4.69) is 15.9 Å². The van der Waals surface area contributed by atoms with E-state index >= 15 is 0 Å². The highest BCUT2D eigenvalue weighted by Gasteiger charge is 2.22. The molecule has 2 rings (SSSR count). The van der Waals surface area contributed by atoms with E-state index in [1.54, 1.807) is 6.07 Å². The molecule has 0 aliphatic carbocycles. The van der Waals surface area contributed by atoms with Crippen molar-refractivity contribution >= 4 is 33.4 Å². The number of carboxylic acid groups (broad SMARTS) is 1. The van der Waals surface area contributed by atoms with Crippen molar-refractivity contribution in [2.24, 2.45) is 0 Å². The molecule has 1 aliphatic heterocycles. The number of hydrogen-bond donors (Lipinski definition) is 1. The number of rotatable bonds is 2. The smallest absolute Gasteiger partial charge is 0.407 e. The lowest BCUT2D eigenvalue weighted by Crippen LogP contribution is -2.48. The second-order valence-corrected chi connectivity index (χ2v) is 5.00. The van der Waals surface area contributed by atoms with Crippen LogP contribution in [0.25, 0.3) is 0 Å². The van der Waals surface area contributed by atoms with Crippen molar-refractivity contribution in [1.29, 1.82) is 0 Å². The molecule has 1 N–H and O–H groups in total. The number of nitrogens with zero attached hydrogens (tertiary/aromatic N) is 3. The highest BCUT2D eigenvalue weighted by molar-refractivity contribution is 9.10. The Hall–Kier alpha value is -1.83. The van der Waals surface area contributed by atoms with Gasteiger partial charge in [0.1, 0.15) is 0 Å². The standard InChI is InChI=1S/C11H12BrN3O4/c12-9-7-8(15(18)19)1-2-10(9)13-3-5-14(6-4-13)11(16)17/h1-2,7H,3-6H2,(H,16,17). The molecular formula is C11H12BrN3O4. The van der Waals surface area contributed by atoms with Gasteiger partial charge in [-0.3, -0.25) is 10.1 Å². The molecule has 0 spiro atoms. The largest absolute Gasteiger partial charge is 0.465 e. The molecule has 0 saturated carbocycles. The summed E-state index contributed by atoms with van der Waals surface area (Å²) in [6, 6.07) is 4.58. The molecule has 1 aliphatic rings. The highest BCUT2D eigenvalue weighted by Crippen LogP contribution is 2.30. The van der Waals surface area contributed by atoms with Crippen LogP contribution in [0.15, 0.2) is 22.7 Å². The summed E-state index contributed by atoms with van der Waals surface area (Å²) >= 11 is 3.32. The number of non-ortho nitro benzene ring substituents is 1. The lowest BCUT2D eigenvalue weighted by Gasteiger charge is -2.35. The van der Waals surface area contributed by atoms with E-state index in [4.69, 9.17) is 5.11 Å². The van der Waals surface area contributed by atoms with Gasteiger partial charge in [0.15, 0.2) is 0 Å². The van der Waals surface area contributed by atoms with Crippen LogP contribution >= 0.6 is 15.9 Å². The molecule has 0 radical (unpaired) electrons. The topological polar surface area (TPSA) is 86.9 Å². The van der Waals surface area contributed by atoms with Crippen molar-refractivity contribution < 1.29 is 14.8 Å². The van der Waals surface area contributed by atoms with Gasteiger partial charge in [0.25, 0.3) is 5.69 Å². The van der Waals surface area contributed by atoms with E-state index < -0.39 is 11.0 Å². The Labute approximate surface area is 117 Å². The summed E-state index contributed by atoms with van der Waals surface area (Å²) in [5.41, 5.74) is 0.871. The molecule has 102 valence electrons. The summed E-state index contributed by atoms with van der Waals surface area (Å²) < 4.78 is 0.644. The molecule has 1 heterocycles. The normalized spacial score (nSPS) is 15.4. The van der Waals surface area contributed by atoms with Crippen molar-refractivity contribution in [1.82, 2.24) is 4.90 Å². The average Bonchev–Trinajstić information content (AvgIpc) is 2.38. The third-order valence-electron chi connectivity index (χ3n) is 3.03. The molecule has 7 nitrogen and oxygen atoms in total. The number of amides is 1. The average molecular weight is 330 g/mol. The lowest BCUT2D eigenvalue weighted by atomic mass is 10.2. The van der Waals surface area contributed by atoms with E-state index in [0.717, 1.165) is 5.69 Å². The van der Waals surface area contributed by atoms with E-state index in [9.17, 15) is 14.9 Å². The quantitative estimate of drug-likeness (QED) is 0.663. The van der Waals surface area contributed by atoms with Crippen LogP contribution in [0.3, 0.4) is 0 Å². The highest BCUT2D eigenvalue weighted by atomic mass is 79.9. The second kappa shape index (κ2) is 5.43. The monoisotopic (exact) mass is 329 g/mol. The predicted octanol–water partition coefficient (Wildman–Crippen LogP) is 2.16. The fourth-order valence-corrected chi connectivity index (χ4v) is 2.62. The van der Waals surface area contributed by atoms with Gasteiger partial charge >= 0.3 is 6.09 Å². The minimum atomic E-state index is -0.914. The molecule has 0 unspecified atom stereocenters. The van der Waals surface area contributed by atoms with Crippen LogP contribution in [-0.2, 0) is 0 Å². The summed E-state index contributed by atoms with van der Waals surface area (Å²) in [4.78, 5) is 24.4. The van der Waals surface area contributed by atoms with Crippen LogP contribution in [0, 0.1) is 10.1 Å². The van der Waals surface area contributed by atoms with Crippen LogP contribution < -0.4 is 4.90 Å². The maximum atomic E-state index is 10.8. The fourth-order valence-electron chi connectivity index (χ4n) is 2.00. The Morgan fingerprint density at radius 1 is 1.32 bits per heavy atom. The summed E-state index contributed by atoms with van der Waals surface area (Å²) in [6.45, 7) is 2.00. The van der Waals surface area contributed by atoms with Crippen molar-refractivity contribution in [3.8, 4) is 0 Å². The van der Waals surface area contributed by atoms with Gasteiger partial charge in [0, 0.05) is 42.8 Å². The Balaban J connectivity index is 2.11. The molecule has 8 heteroatoms. The summed E-state index contributed by atoms with van der Waals surface area (Å²) in [6.07, 6.45) is -0.914. The molecule has 1 aromatic rings. The molecule has 1 aromatic carbocycles. The number of nitro benzene ring substituents is 1. The number of benzene rings is 1. The molecule has 1 saturated heterocycles.